The summed E-state index contributed by atoms with van der Waals surface area (Å²) in [6, 6.07) is 21.8. The van der Waals surface area contributed by atoms with Gasteiger partial charge in [0.2, 0.25) is 0 Å². The molecule has 1 fully saturated rings. The number of rotatable bonds is 8. The lowest BCUT2D eigenvalue weighted by molar-refractivity contribution is 0.0697. The number of nitrogens with zero attached hydrogens (tertiary/aromatic N) is 3. The number of carboxylic acids is 1. The van der Waals surface area contributed by atoms with Crippen molar-refractivity contribution in [3.05, 3.63) is 89.0 Å². The first-order valence-electron chi connectivity index (χ1n) is 15.1. The number of likely N-dealkylation sites (N-methyl/N-ethyl adjacent to an activating group) is 1. The number of hydrogen-bond acceptors (Lipinski definition) is 4. The van der Waals surface area contributed by atoms with Gasteiger partial charge in [0.1, 0.15) is 18.5 Å². The van der Waals surface area contributed by atoms with Crippen LogP contribution in [-0.2, 0) is 19.7 Å². The van der Waals surface area contributed by atoms with Crippen molar-refractivity contribution in [3.8, 4) is 17.0 Å². The van der Waals surface area contributed by atoms with E-state index in [-0.39, 0.29) is 11.5 Å². The summed E-state index contributed by atoms with van der Waals surface area (Å²) in [5, 5.41) is 10.8. The molecule has 1 aliphatic carbocycles. The van der Waals surface area contributed by atoms with Crippen molar-refractivity contribution in [2.45, 2.75) is 57.5 Å². The molecule has 4 aromatic rings. The Morgan fingerprint density at radius 1 is 1.02 bits per heavy atom. The third-order valence-corrected chi connectivity index (χ3v) is 8.88. The molecule has 2 heterocycles. The quantitative estimate of drug-likeness (QED) is 0.249. The molecule has 0 radical (unpaired) electrons. The maximum atomic E-state index is 15.7. The fraction of sp³-hybridized carbons (Fsp3) is 0.400. The normalized spacial score (nSPS) is 19.2. The molecule has 1 aromatic heterocycles. The van der Waals surface area contributed by atoms with Crippen LogP contribution in [0.2, 0.25) is 0 Å². The molecule has 0 bridgehead atoms. The van der Waals surface area contributed by atoms with Gasteiger partial charge in [0, 0.05) is 55.1 Å². The van der Waals surface area contributed by atoms with Gasteiger partial charge >= 0.3 is 5.97 Å². The zero-order chi connectivity index (χ0) is 29.2. The second-order valence-electron chi connectivity index (χ2n) is 12.0. The third kappa shape index (κ3) is 5.81. The van der Waals surface area contributed by atoms with Crippen molar-refractivity contribution in [3.63, 3.8) is 0 Å². The maximum absolute atomic E-state index is 15.7. The average Bonchev–Trinajstić information content (AvgIpc) is 3.29. The molecular weight excluding hydrogens is 529 g/mol. The van der Waals surface area contributed by atoms with Crippen LogP contribution in [0, 0.1) is 0 Å². The van der Waals surface area contributed by atoms with Gasteiger partial charge in [-0.15, -0.1) is 0 Å². The Hall–Kier alpha value is -3.68. The Labute approximate surface area is 247 Å². The smallest absolute Gasteiger partial charge is 0.335 e. The van der Waals surface area contributed by atoms with Crippen molar-refractivity contribution >= 4 is 16.9 Å². The lowest BCUT2D eigenvalue weighted by Gasteiger charge is -2.31. The van der Waals surface area contributed by atoms with E-state index < -0.39 is 12.1 Å². The van der Waals surface area contributed by atoms with Gasteiger partial charge in [-0.05, 0) is 74.0 Å². The molecule has 7 heteroatoms. The van der Waals surface area contributed by atoms with E-state index in [1.807, 2.05) is 30.3 Å². The van der Waals surface area contributed by atoms with E-state index in [0.717, 1.165) is 90.0 Å². The molecule has 42 heavy (non-hydrogen) atoms. The minimum absolute atomic E-state index is 0.209. The van der Waals surface area contributed by atoms with Gasteiger partial charge < -0.3 is 19.3 Å². The summed E-state index contributed by atoms with van der Waals surface area (Å²) in [4.78, 5) is 16.6. The number of benzene rings is 3. The van der Waals surface area contributed by atoms with Crippen LogP contribution in [-0.4, -0.2) is 65.3 Å². The second-order valence-corrected chi connectivity index (χ2v) is 12.0. The summed E-state index contributed by atoms with van der Waals surface area (Å²) < 4.78 is 24.2. The van der Waals surface area contributed by atoms with Crippen molar-refractivity contribution in [1.29, 1.82) is 0 Å². The second kappa shape index (κ2) is 12.3. The SMILES string of the molecule is CN(C)CCN1CCn2c(c([C@@H]3CCCC[C@H]3F)c3ccc(C(=O)O)cc32)-c2ccc(OCc3ccccc3)cc2C1. The minimum Gasteiger partial charge on any atom is -0.489 e. The van der Waals surface area contributed by atoms with Gasteiger partial charge in [-0.3, -0.25) is 4.90 Å². The summed E-state index contributed by atoms with van der Waals surface area (Å²) in [6.07, 6.45) is 2.38. The van der Waals surface area contributed by atoms with Crippen molar-refractivity contribution < 1.29 is 19.0 Å². The molecule has 220 valence electrons. The van der Waals surface area contributed by atoms with Crippen LogP contribution in [0.4, 0.5) is 4.39 Å². The Balaban J connectivity index is 1.50. The highest BCUT2D eigenvalue weighted by Gasteiger charge is 2.34. The molecule has 2 aliphatic rings. The van der Waals surface area contributed by atoms with Crippen LogP contribution in [0.15, 0.2) is 66.7 Å². The standard InChI is InChI=1S/C35H40FN3O3/c1-37(2)16-17-38-18-19-39-32-21-25(35(40)41)12-14-30(32)33(29-10-6-7-11-31(29)36)34(39)28-15-13-27(20-26(28)22-38)42-23-24-8-4-3-5-9-24/h3-5,8-9,12-15,20-21,29,31H,6-7,10-11,16-19,22-23H2,1-2H3,(H,40,41)/t29-,31-/m1/s1. The average molecular weight is 570 g/mol. The Morgan fingerprint density at radius 3 is 2.60 bits per heavy atom. The zero-order valence-corrected chi connectivity index (χ0v) is 24.6. The number of aromatic carboxylic acids is 1. The Kier molecular flexibility index (Phi) is 8.31. The van der Waals surface area contributed by atoms with Crippen LogP contribution in [0.5, 0.6) is 5.75 Å². The molecule has 2 atom stereocenters. The molecular formula is C35H40FN3O3. The van der Waals surface area contributed by atoms with Crippen molar-refractivity contribution in [1.82, 2.24) is 14.4 Å². The minimum atomic E-state index is -0.950. The highest BCUT2D eigenvalue weighted by Crippen LogP contribution is 2.47. The molecule has 0 saturated heterocycles. The number of halogens is 1. The molecule has 0 spiro atoms. The maximum Gasteiger partial charge on any atom is 0.335 e. The molecule has 1 saturated carbocycles. The molecule has 1 aliphatic heterocycles. The fourth-order valence-electron chi connectivity index (χ4n) is 6.67. The largest absolute Gasteiger partial charge is 0.489 e. The van der Waals surface area contributed by atoms with E-state index in [0.29, 0.717) is 19.6 Å². The molecule has 6 rings (SSSR count). The van der Waals surface area contributed by atoms with Gasteiger partial charge in [-0.1, -0.05) is 49.2 Å². The van der Waals surface area contributed by atoms with E-state index in [1.54, 1.807) is 12.1 Å². The predicted octanol–water partition coefficient (Wildman–Crippen LogP) is 6.96. The van der Waals surface area contributed by atoms with Crippen LogP contribution < -0.4 is 4.74 Å². The number of ether oxygens (including phenoxy) is 1. The number of carbonyl (C=O) groups is 1. The Morgan fingerprint density at radius 2 is 1.83 bits per heavy atom. The highest BCUT2D eigenvalue weighted by molar-refractivity contribution is 5.98. The van der Waals surface area contributed by atoms with E-state index in [2.05, 4.69) is 52.7 Å². The van der Waals surface area contributed by atoms with Crippen molar-refractivity contribution in [2.75, 3.05) is 33.7 Å². The topological polar surface area (TPSA) is 57.9 Å². The first kappa shape index (κ1) is 28.4. The molecule has 6 nitrogen and oxygen atoms in total. The van der Waals surface area contributed by atoms with Crippen LogP contribution in [0.1, 0.15) is 58.6 Å². The van der Waals surface area contributed by atoms with Gasteiger partial charge in [0.15, 0.2) is 0 Å². The number of alkyl halides is 1. The van der Waals surface area contributed by atoms with E-state index in [1.165, 1.54) is 0 Å². The van der Waals surface area contributed by atoms with Gasteiger partial charge in [0.25, 0.3) is 0 Å². The number of carboxylic acid groups (broad SMARTS) is 1. The highest BCUT2D eigenvalue weighted by atomic mass is 19.1. The number of aromatic nitrogens is 1. The summed E-state index contributed by atoms with van der Waals surface area (Å²) in [6.45, 7) is 4.59. The molecule has 3 aromatic carbocycles. The third-order valence-electron chi connectivity index (χ3n) is 8.88. The van der Waals surface area contributed by atoms with E-state index >= 15 is 4.39 Å². The monoisotopic (exact) mass is 569 g/mol. The lowest BCUT2D eigenvalue weighted by atomic mass is 9.80. The van der Waals surface area contributed by atoms with Gasteiger partial charge in [-0.2, -0.15) is 0 Å². The summed E-state index contributed by atoms with van der Waals surface area (Å²) in [5.74, 6) is -0.349. The first-order valence-corrected chi connectivity index (χ1v) is 15.1. The van der Waals surface area contributed by atoms with E-state index in [4.69, 9.17) is 4.74 Å². The first-order chi connectivity index (χ1) is 20.4. The summed E-state index contributed by atoms with van der Waals surface area (Å²) in [5.41, 5.74) is 6.55. The number of hydrogen-bond donors (Lipinski definition) is 1. The summed E-state index contributed by atoms with van der Waals surface area (Å²) >= 11 is 0. The van der Waals surface area contributed by atoms with E-state index in [9.17, 15) is 9.90 Å². The fourth-order valence-corrected chi connectivity index (χ4v) is 6.67. The zero-order valence-electron chi connectivity index (χ0n) is 24.6. The van der Waals surface area contributed by atoms with Crippen LogP contribution in [0.3, 0.4) is 0 Å². The number of fused-ring (bicyclic) bond motifs is 5. The summed E-state index contributed by atoms with van der Waals surface area (Å²) in [7, 11) is 4.17. The van der Waals surface area contributed by atoms with Crippen molar-refractivity contribution in [2.24, 2.45) is 0 Å². The van der Waals surface area contributed by atoms with Crippen LogP contribution in [0.25, 0.3) is 22.2 Å². The molecule has 0 unspecified atom stereocenters. The Bertz CT molecular complexity index is 1570. The lowest BCUT2D eigenvalue weighted by Crippen LogP contribution is -2.35. The van der Waals surface area contributed by atoms with Gasteiger partial charge in [-0.25, -0.2) is 9.18 Å². The molecule has 0 amide bonds. The molecule has 1 N–H and O–H groups in total. The van der Waals surface area contributed by atoms with Crippen LogP contribution >= 0.6 is 0 Å². The van der Waals surface area contributed by atoms with Gasteiger partial charge in [0.05, 0.1) is 11.3 Å². The predicted molar refractivity (Wildman–Crippen MR) is 165 cm³/mol.